The van der Waals surface area contributed by atoms with Crippen LogP contribution in [0.3, 0.4) is 0 Å². The van der Waals surface area contributed by atoms with Gasteiger partial charge in [-0.05, 0) is 30.5 Å². The molecule has 0 aliphatic rings. The van der Waals surface area contributed by atoms with E-state index in [-0.39, 0.29) is 0 Å². The molecule has 0 aliphatic carbocycles. The summed E-state index contributed by atoms with van der Waals surface area (Å²) in [5, 5.41) is 47.1. The second-order valence-electron chi connectivity index (χ2n) is 7.47. The molecule has 1 rings (SSSR count). The molecule has 4 atom stereocenters. The Morgan fingerprint density at radius 1 is 0.862 bits per heavy atom. The number of unbranched alkanes of at least 4 members (excludes halogenated alkanes) is 6. The largest absolute Gasteiger partial charge is 0.459 e. The van der Waals surface area contributed by atoms with Crippen LogP contribution >= 0.6 is 0 Å². The van der Waals surface area contributed by atoms with Gasteiger partial charge >= 0.3 is 5.97 Å². The first-order valence-electron chi connectivity index (χ1n) is 10.5. The lowest BCUT2D eigenvalue weighted by Crippen LogP contribution is -2.47. The Hall–Kier alpha value is -1.51. The van der Waals surface area contributed by atoms with Gasteiger partial charge in [0.25, 0.3) is 0 Å². The van der Waals surface area contributed by atoms with Crippen LogP contribution < -0.4 is 0 Å². The highest BCUT2D eigenvalue weighted by Gasteiger charge is 2.30. The van der Waals surface area contributed by atoms with E-state index in [2.05, 4.69) is 6.92 Å². The molecule has 0 aliphatic heterocycles. The molecule has 0 bridgehead atoms. The van der Waals surface area contributed by atoms with Crippen LogP contribution in [0.25, 0.3) is 0 Å². The first-order valence-corrected chi connectivity index (χ1v) is 10.5. The summed E-state index contributed by atoms with van der Waals surface area (Å²) in [5.41, 5.74) is 1.47. The molecule has 0 heterocycles. The summed E-state index contributed by atoms with van der Waals surface area (Å²) < 4.78 is 4.96. The Balaban J connectivity index is 2.34. The van der Waals surface area contributed by atoms with Crippen LogP contribution in [0.15, 0.2) is 24.3 Å². The van der Waals surface area contributed by atoms with Crippen molar-refractivity contribution in [1.82, 2.24) is 0 Å². The molecule has 0 spiro atoms. The van der Waals surface area contributed by atoms with Gasteiger partial charge in [-0.15, -0.1) is 0 Å². The summed E-state index contributed by atoms with van der Waals surface area (Å²) in [6, 6.07) is 7.07. The van der Waals surface area contributed by atoms with Gasteiger partial charge in [0.15, 0.2) is 0 Å². The second kappa shape index (κ2) is 14.5. The van der Waals surface area contributed by atoms with E-state index in [4.69, 9.17) is 9.84 Å². The third-order valence-electron chi connectivity index (χ3n) is 4.97. The Labute approximate surface area is 173 Å². The van der Waals surface area contributed by atoms with Crippen LogP contribution in [0, 0.1) is 0 Å². The number of ether oxygens (including phenoxy) is 1. The van der Waals surface area contributed by atoms with Crippen molar-refractivity contribution in [2.75, 3.05) is 13.2 Å². The van der Waals surface area contributed by atoms with Crippen molar-refractivity contribution in [2.24, 2.45) is 0 Å². The predicted molar refractivity (Wildman–Crippen MR) is 110 cm³/mol. The quantitative estimate of drug-likeness (QED) is 0.219. The number of benzene rings is 1. The fourth-order valence-corrected chi connectivity index (χ4v) is 3.00. The minimum absolute atomic E-state index is 0.325. The van der Waals surface area contributed by atoms with Gasteiger partial charge in [0.1, 0.15) is 31.0 Å². The zero-order valence-corrected chi connectivity index (χ0v) is 17.2. The van der Waals surface area contributed by atoms with Crippen LogP contribution in [-0.4, -0.2) is 69.1 Å². The van der Waals surface area contributed by atoms with Crippen molar-refractivity contribution in [1.29, 1.82) is 0 Å². The molecule has 0 aromatic heterocycles. The Bertz CT molecular complexity index is 561. The maximum atomic E-state index is 12.1. The number of aryl methyl sites for hydroxylation is 1. The van der Waals surface area contributed by atoms with Gasteiger partial charge in [-0.25, -0.2) is 4.79 Å². The number of carbonyl (C=O) groups is 1. The minimum atomic E-state index is -1.76. The lowest BCUT2D eigenvalue weighted by atomic mass is 10.0. The second-order valence-corrected chi connectivity index (χ2v) is 7.47. The minimum Gasteiger partial charge on any atom is -0.459 e. The lowest BCUT2D eigenvalue weighted by molar-refractivity contribution is -0.124. The molecular formula is C22H36O7. The molecule has 166 valence electrons. The van der Waals surface area contributed by atoms with Crippen LogP contribution in [-0.2, 0) is 11.2 Å². The highest BCUT2D eigenvalue weighted by Crippen LogP contribution is 2.13. The summed E-state index contributed by atoms with van der Waals surface area (Å²) >= 11 is 0. The van der Waals surface area contributed by atoms with Crippen LogP contribution in [0.2, 0.25) is 0 Å². The molecule has 0 radical (unpaired) electrons. The molecule has 0 fully saturated rings. The summed E-state index contributed by atoms with van der Waals surface area (Å²) in [5.74, 6) is -0.657. The number of aliphatic hydroxyl groups excluding tert-OH is 5. The van der Waals surface area contributed by atoms with Crippen molar-refractivity contribution in [2.45, 2.75) is 82.7 Å². The van der Waals surface area contributed by atoms with Crippen molar-refractivity contribution in [3.63, 3.8) is 0 Å². The number of rotatable bonds is 15. The average molecular weight is 413 g/mol. The van der Waals surface area contributed by atoms with Crippen LogP contribution in [0.5, 0.6) is 0 Å². The number of esters is 1. The first kappa shape index (κ1) is 25.5. The van der Waals surface area contributed by atoms with Crippen molar-refractivity contribution < 1.29 is 35.1 Å². The van der Waals surface area contributed by atoms with Gasteiger partial charge < -0.3 is 30.3 Å². The van der Waals surface area contributed by atoms with Crippen molar-refractivity contribution in [3.8, 4) is 0 Å². The maximum Gasteiger partial charge on any atom is 0.338 e. The number of aliphatic hydroxyl groups is 5. The fraction of sp³-hybridized carbons (Fsp3) is 0.682. The van der Waals surface area contributed by atoms with E-state index in [1.54, 1.807) is 12.1 Å². The fourth-order valence-electron chi connectivity index (χ4n) is 3.00. The average Bonchev–Trinajstić information content (AvgIpc) is 2.75. The van der Waals surface area contributed by atoms with E-state index < -0.39 is 43.6 Å². The topological polar surface area (TPSA) is 127 Å². The predicted octanol–water partition coefficient (Wildman–Crippen LogP) is 1.57. The monoisotopic (exact) mass is 412 g/mol. The van der Waals surface area contributed by atoms with Gasteiger partial charge in [-0.2, -0.15) is 0 Å². The molecule has 7 heteroatoms. The molecular weight excluding hydrogens is 376 g/mol. The maximum absolute atomic E-state index is 12.1. The van der Waals surface area contributed by atoms with Crippen LogP contribution in [0.4, 0.5) is 0 Å². The van der Waals surface area contributed by atoms with E-state index in [1.165, 1.54) is 38.5 Å². The van der Waals surface area contributed by atoms with Crippen LogP contribution in [0.1, 0.15) is 67.8 Å². The number of carbonyl (C=O) groups excluding carboxylic acids is 1. The molecule has 0 saturated heterocycles. The van der Waals surface area contributed by atoms with E-state index in [0.717, 1.165) is 18.4 Å². The summed E-state index contributed by atoms with van der Waals surface area (Å²) in [4.78, 5) is 12.1. The van der Waals surface area contributed by atoms with Gasteiger partial charge in [0, 0.05) is 0 Å². The third-order valence-corrected chi connectivity index (χ3v) is 4.97. The van der Waals surface area contributed by atoms with E-state index >= 15 is 0 Å². The highest BCUT2D eigenvalue weighted by molar-refractivity contribution is 5.89. The van der Waals surface area contributed by atoms with Gasteiger partial charge in [0.2, 0.25) is 0 Å². The van der Waals surface area contributed by atoms with Gasteiger partial charge in [0.05, 0.1) is 12.2 Å². The summed E-state index contributed by atoms with van der Waals surface area (Å²) in [7, 11) is 0. The third kappa shape index (κ3) is 9.69. The molecule has 1 aromatic carbocycles. The van der Waals surface area contributed by atoms with E-state index in [1.807, 2.05) is 12.1 Å². The standard InChI is InChI=1S/C22H36O7/c1-2-3-4-5-6-7-8-9-16-10-12-17(13-11-16)22(28)29-15-19(25)21(27)20(26)18(24)14-23/h10-13,18-21,23-27H,2-9,14-15H2,1H3/t18-,19+,20+,21+/m0/s1. The molecule has 29 heavy (non-hydrogen) atoms. The van der Waals surface area contributed by atoms with Crippen molar-refractivity contribution >= 4 is 5.97 Å². The SMILES string of the molecule is CCCCCCCCCc1ccc(C(=O)OC[C@@H](O)[C@@H](O)[C@H](O)[C@@H](O)CO)cc1. The lowest BCUT2D eigenvalue weighted by Gasteiger charge is -2.25. The smallest absolute Gasteiger partial charge is 0.338 e. The van der Waals surface area contributed by atoms with Crippen molar-refractivity contribution in [3.05, 3.63) is 35.4 Å². The first-order chi connectivity index (χ1) is 13.9. The van der Waals surface area contributed by atoms with Gasteiger partial charge in [-0.3, -0.25) is 0 Å². The molecule has 0 saturated carbocycles. The molecule has 1 aromatic rings. The summed E-state index contributed by atoms with van der Waals surface area (Å²) in [6.45, 7) is 0.894. The highest BCUT2D eigenvalue weighted by atomic mass is 16.5. The molecule has 5 N–H and O–H groups in total. The Kier molecular flexibility index (Phi) is 12.7. The summed E-state index contributed by atoms with van der Waals surface area (Å²) in [6.07, 6.45) is 2.98. The zero-order chi connectivity index (χ0) is 21.6. The zero-order valence-electron chi connectivity index (χ0n) is 17.2. The van der Waals surface area contributed by atoms with Gasteiger partial charge in [-0.1, -0.05) is 57.6 Å². The Morgan fingerprint density at radius 2 is 1.41 bits per heavy atom. The number of hydrogen-bond donors (Lipinski definition) is 5. The molecule has 0 amide bonds. The van der Waals surface area contributed by atoms with E-state index in [0.29, 0.717) is 5.56 Å². The van der Waals surface area contributed by atoms with E-state index in [9.17, 15) is 25.2 Å². The normalized spacial score (nSPS) is 15.5. The molecule has 0 unspecified atom stereocenters. The molecule has 7 nitrogen and oxygen atoms in total. The Morgan fingerprint density at radius 3 is 2.00 bits per heavy atom. The number of hydrogen-bond acceptors (Lipinski definition) is 7.